The Labute approximate surface area is 162 Å². The summed E-state index contributed by atoms with van der Waals surface area (Å²) in [6.45, 7) is -0.317. The number of nitrogens with zero attached hydrogens (tertiary/aromatic N) is 3. The van der Waals surface area contributed by atoms with Crippen molar-refractivity contribution in [3.05, 3.63) is 35.9 Å². The molecule has 142 valence electrons. The quantitative estimate of drug-likeness (QED) is 0.768. The second-order valence-corrected chi connectivity index (χ2v) is 7.79. The Kier molecular flexibility index (Phi) is 5.11. The van der Waals surface area contributed by atoms with Crippen LogP contribution in [0, 0.1) is 17.8 Å². The molecule has 2 bridgehead atoms. The Balaban J connectivity index is 1.32. The molecule has 2 aliphatic rings. The van der Waals surface area contributed by atoms with Crippen molar-refractivity contribution in [2.45, 2.75) is 32.1 Å². The highest BCUT2D eigenvalue weighted by atomic mass is 35.5. The van der Waals surface area contributed by atoms with Crippen LogP contribution in [0.3, 0.4) is 0 Å². The normalized spacial score (nSPS) is 23.4. The van der Waals surface area contributed by atoms with Crippen molar-refractivity contribution in [2.75, 3.05) is 11.9 Å². The summed E-state index contributed by atoms with van der Waals surface area (Å²) in [6, 6.07) is 5.05. The lowest BCUT2D eigenvalue weighted by Crippen LogP contribution is -2.23. The molecular weight excluding hydrogens is 368 g/mol. The van der Waals surface area contributed by atoms with Gasteiger partial charge in [0.15, 0.2) is 6.61 Å². The Bertz CT molecular complexity index is 839. The number of benzene rings is 1. The van der Waals surface area contributed by atoms with Crippen molar-refractivity contribution in [2.24, 2.45) is 17.8 Å². The lowest BCUT2D eigenvalue weighted by atomic mass is 9.86. The summed E-state index contributed by atoms with van der Waals surface area (Å²) in [5, 5.41) is 7.26. The maximum Gasteiger partial charge on any atom is 0.306 e. The zero-order valence-electron chi connectivity index (χ0n) is 14.8. The van der Waals surface area contributed by atoms with E-state index in [0.717, 1.165) is 12.3 Å². The molecule has 27 heavy (non-hydrogen) atoms. The van der Waals surface area contributed by atoms with Crippen LogP contribution in [0.4, 0.5) is 5.69 Å². The highest BCUT2D eigenvalue weighted by Gasteiger charge is 2.40. The molecule has 2 aliphatic carbocycles. The summed E-state index contributed by atoms with van der Waals surface area (Å²) in [7, 11) is 0. The molecule has 1 amide bonds. The van der Waals surface area contributed by atoms with Crippen LogP contribution >= 0.6 is 11.6 Å². The molecule has 2 fully saturated rings. The van der Waals surface area contributed by atoms with Gasteiger partial charge in [0.2, 0.25) is 0 Å². The molecule has 0 spiro atoms. The molecule has 4 rings (SSSR count). The summed E-state index contributed by atoms with van der Waals surface area (Å²) < 4.78 is 6.71. The molecule has 0 aliphatic heterocycles. The summed E-state index contributed by atoms with van der Waals surface area (Å²) in [6.07, 6.45) is 8.23. The van der Waals surface area contributed by atoms with Gasteiger partial charge in [-0.1, -0.05) is 18.0 Å². The fraction of sp³-hybridized carbons (Fsp3) is 0.474. The Morgan fingerprint density at radius 1 is 1.30 bits per heavy atom. The molecule has 8 heteroatoms. The van der Waals surface area contributed by atoms with Crippen LogP contribution in [0.2, 0.25) is 5.02 Å². The lowest BCUT2D eigenvalue weighted by Gasteiger charge is -2.20. The standard InChI is InChI=1S/C19H21ClN4O3/c20-15-3-4-17(24-11-21-10-22-24)16(8-15)23-18(25)9-27-19(26)7-14-6-12-1-2-13(14)5-12/h3-4,8,10-14H,1-2,5-7,9H2,(H,23,25)/t12-,13+,14+/m1/s1. The molecule has 2 aromatic rings. The summed E-state index contributed by atoms with van der Waals surface area (Å²) >= 11 is 6.03. The topological polar surface area (TPSA) is 86.1 Å². The number of carbonyl (C=O) groups is 2. The van der Waals surface area contributed by atoms with Crippen molar-refractivity contribution in [3.8, 4) is 5.69 Å². The van der Waals surface area contributed by atoms with E-state index in [1.807, 2.05) is 0 Å². The fourth-order valence-electron chi connectivity index (χ4n) is 4.37. The molecule has 3 atom stereocenters. The second-order valence-electron chi connectivity index (χ2n) is 7.35. The second kappa shape index (κ2) is 7.68. The van der Waals surface area contributed by atoms with Crippen molar-refractivity contribution < 1.29 is 14.3 Å². The molecular formula is C19H21ClN4O3. The van der Waals surface area contributed by atoms with Crippen LogP contribution in [0.15, 0.2) is 30.9 Å². The van der Waals surface area contributed by atoms with Crippen LogP contribution in [0.5, 0.6) is 0 Å². The van der Waals surface area contributed by atoms with E-state index in [0.29, 0.717) is 34.7 Å². The van der Waals surface area contributed by atoms with Gasteiger partial charge >= 0.3 is 5.97 Å². The van der Waals surface area contributed by atoms with E-state index < -0.39 is 5.91 Å². The van der Waals surface area contributed by atoms with Gasteiger partial charge < -0.3 is 10.1 Å². The van der Waals surface area contributed by atoms with Crippen LogP contribution in [-0.2, 0) is 14.3 Å². The number of hydrogen-bond donors (Lipinski definition) is 1. The first-order chi connectivity index (χ1) is 13.1. The first kappa shape index (κ1) is 18.0. The van der Waals surface area contributed by atoms with Crippen LogP contribution in [-0.4, -0.2) is 33.2 Å². The third-order valence-electron chi connectivity index (χ3n) is 5.58. The maximum atomic E-state index is 12.2. The number of esters is 1. The van der Waals surface area contributed by atoms with Crippen LogP contribution < -0.4 is 5.32 Å². The number of amides is 1. The number of fused-ring (bicyclic) bond motifs is 2. The third kappa shape index (κ3) is 4.13. The van der Waals surface area contributed by atoms with Crippen molar-refractivity contribution in [1.29, 1.82) is 0 Å². The van der Waals surface area contributed by atoms with E-state index in [1.165, 1.54) is 36.6 Å². The van der Waals surface area contributed by atoms with Gasteiger partial charge in [-0.15, -0.1) is 0 Å². The largest absolute Gasteiger partial charge is 0.456 e. The number of carbonyl (C=O) groups excluding carboxylic acids is 2. The molecule has 2 saturated carbocycles. The maximum absolute atomic E-state index is 12.2. The fourth-order valence-corrected chi connectivity index (χ4v) is 4.54. The molecule has 0 saturated heterocycles. The summed E-state index contributed by atoms with van der Waals surface area (Å²) in [4.78, 5) is 28.2. The van der Waals surface area contributed by atoms with Gasteiger partial charge in [-0.25, -0.2) is 9.67 Å². The molecule has 1 heterocycles. The number of rotatable bonds is 6. The minimum atomic E-state index is -0.417. The van der Waals surface area contributed by atoms with E-state index in [-0.39, 0.29) is 12.6 Å². The van der Waals surface area contributed by atoms with E-state index in [2.05, 4.69) is 15.4 Å². The molecule has 1 aromatic carbocycles. The Morgan fingerprint density at radius 3 is 2.89 bits per heavy atom. The van der Waals surface area contributed by atoms with E-state index in [1.54, 1.807) is 18.2 Å². The molecule has 7 nitrogen and oxygen atoms in total. The van der Waals surface area contributed by atoms with E-state index in [9.17, 15) is 9.59 Å². The molecule has 1 N–H and O–H groups in total. The third-order valence-corrected chi connectivity index (χ3v) is 5.81. The Morgan fingerprint density at radius 2 is 2.19 bits per heavy atom. The van der Waals surface area contributed by atoms with Gasteiger partial charge in [-0.05, 0) is 55.2 Å². The number of nitrogens with one attached hydrogen (secondary N) is 1. The summed E-state index contributed by atoms with van der Waals surface area (Å²) in [5.74, 6) is 1.15. The zero-order valence-corrected chi connectivity index (χ0v) is 15.6. The first-order valence-electron chi connectivity index (χ1n) is 9.18. The minimum absolute atomic E-state index is 0.301. The smallest absolute Gasteiger partial charge is 0.306 e. The highest BCUT2D eigenvalue weighted by molar-refractivity contribution is 6.31. The molecule has 0 unspecified atom stereocenters. The number of halogens is 1. The monoisotopic (exact) mass is 388 g/mol. The van der Waals surface area contributed by atoms with Crippen molar-refractivity contribution in [3.63, 3.8) is 0 Å². The lowest BCUT2D eigenvalue weighted by molar-refractivity contribution is -0.148. The van der Waals surface area contributed by atoms with Gasteiger partial charge in [0.25, 0.3) is 5.91 Å². The number of aromatic nitrogens is 3. The SMILES string of the molecule is O=C(COC(=O)C[C@@H]1C[C@@H]2CC[C@H]1C2)Nc1cc(Cl)ccc1-n1cncn1. The van der Waals surface area contributed by atoms with Gasteiger partial charge in [-0.2, -0.15) is 5.10 Å². The van der Waals surface area contributed by atoms with E-state index in [4.69, 9.17) is 16.3 Å². The number of ether oxygens (including phenoxy) is 1. The Hall–Kier alpha value is -2.41. The van der Waals surface area contributed by atoms with Gasteiger partial charge in [0, 0.05) is 11.4 Å². The van der Waals surface area contributed by atoms with E-state index >= 15 is 0 Å². The van der Waals surface area contributed by atoms with Crippen molar-refractivity contribution in [1.82, 2.24) is 14.8 Å². The highest BCUT2D eigenvalue weighted by Crippen LogP contribution is 2.49. The van der Waals surface area contributed by atoms with Crippen molar-refractivity contribution >= 4 is 29.2 Å². The van der Waals surface area contributed by atoms with Crippen LogP contribution in [0.1, 0.15) is 32.1 Å². The predicted octanol–water partition coefficient (Wildman–Crippen LogP) is 3.23. The first-order valence-corrected chi connectivity index (χ1v) is 9.56. The molecule has 1 aromatic heterocycles. The summed E-state index contributed by atoms with van der Waals surface area (Å²) in [5.41, 5.74) is 1.10. The minimum Gasteiger partial charge on any atom is -0.456 e. The number of anilines is 1. The van der Waals surface area contributed by atoms with Gasteiger partial charge in [-0.3, -0.25) is 9.59 Å². The van der Waals surface area contributed by atoms with Crippen LogP contribution in [0.25, 0.3) is 5.69 Å². The number of hydrogen-bond acceptors (Lipinski definition) is 5. The molecule has 0 radical (unpaired) electrons. The predicted molar refractivity (Wildman–Crippen MR) is 99.5 cm³/mol. The van der Waals surface area contributed by atoms with Gasteiger partial charge in [0.05, 0.1) is 11.4 Å². The van der Waals surface area contributed by atoms with Gasteiger partial charge in [0.1, 0.15) is 12.7 Å². The zero-order chi connectivity index (χ0) is 18.8. The average molecular weight is 389 g/mol. The average Bonchev–Trinajstić information content (AvgIpc) is 3.38.